The lowest BCUT2D eigenvalue weighted by atomic mass is 9.84. The van der Waals surface area contributed by atoms with E-state index in [9.17, 15) is 4.79 Å². The van der Waals surface area contributed by atoms with E-state index >= 15 is 0 Å². The number of aliphatic hydroxyl groups excluding tert-OH is 1. The highest BCUT2D eigenvalue weighted by Crippen LogP contribution is 2.38. The molecule has 0 fully saturated rings. The number of carbonyl (C=O) groups is 1. The Morgan fingerprint density at radius 1 is 1.31 bits per heavy atom. The van der Waals surface area contributed by atoms with Crippen molar-refractivity contribution in [1.82, 2.24) is 10.2 Å². The minimum Gasteiger partial charge on any atom is -0.395 e. The number of hydrogen-bond donors (Lipinski definition) is 3. The molecular formula is C19H21Cl2N3O2. The summed E-state index contributed by atoms with van der Waals surface area (Å²) in [5.74, 6) is 0.113. The molecule has 3 N–H and O–H groups in total. The molecule has 1 atom stereocenters. The van der Waals surface area contributed by atoms with Gasteiger partial charge in [-0.3, -0.25) is 0 Å². The second-order valence-electron chi connectivity index (χ2n) is 6.43. The molecule has 0 bridgehead atoms. The van der Waals surface area contributed by atoms with Crippen molar-refractivity contribution in [3.8, 4) is 0 Å². The number of urea groups is 1. The van der Waals surface area contributed by atoms with E-state index in [4.69, 9.17) is 28.3 Å². The Bertz CT molecular complexity index is 813. The topological polar surface area (TPSA) is 64.6 Å². The number of nitrogens with one attached hydrogen (secondary N) is 2. The Morgan fingerprint density at radius 3 is 2.88 bits per heavy atom. The van der Waals surface area contributed by atoms with Crippen LogP contribution in [0.5, 0.6) is 0 Å². The Hall–Kier alpha value is -1.79. The highest BCUT2D eigenvalue weighted by molar-refractivity contribution is 6.35. The first-order valence-electron chi connectivity index (χ1n) is 8.40. The van der Waals surface area contributed by atoms with E-state index < -0.39 is 0 Å². The van der Waals surface area contributed by atoms with Gasteiger partial charge >= 0.3 is 6.03 Å². The molecule has 0 radical (unpaired) electrons. The first-order valence-corrected chi connectivity index (χ1v) is 9.15. The maximum absolute atomic E-state index is 11.8. The summed E-state index contributed by atoms with van der Waals surface area (Å²) < 4.78 is 0. The molecule has 138 valence electrons. The predicted octanol–water partition coefficient (Wildman–Crippen LogP) is 3.68. The SMILES string of the molecule is CN1Cc2c(Cl)cc(Cl)cc2C(c2cccc(NC(=O)NCCO)c2)C1. The maximum atomic E-state index is 11.8. The molecule has 2 aromatic carbocycles. The summed E-state index contributed by atoms with van der Waals surface area (Å²) in [7, 11) is 2.06. The molecule has 1 unspecified atom stereocenters. The van der Waals surface area contributed by atoms with Crippen molar-refractivity contribution < 1.29 is 9.90 Å². The third kappa shape index (κ3) is 4.30. The Kier molecular flexibility index (Phi) is 6.04. The zero-order valence-electron chi connectivity index (χ0n) is 14.4. The maximum Gasteiger partial charge on any atom is 0.319 e. The summed E-state index contributed by atoms with van der Waals surface area (Å²) >= 11 is 12.7. The number of likely N-dealkylation sites (N-methyl/N-ethyl adjacent to an activating group) is 1. The summed E-state index contributed by atoms with van der Waals surface area (Å²) in [6.45, 7) is 1.73. The third-order valence-electron chi connectivity index (χ3n) is 4.44. The van der Waals surface area contributed by atoms with Gasteiger partial charge in [0.25, 0.3) is 0 Å². The zero-order chi connectivity index (χ0) is 18.7. The van der Waals surface area contributed by atoms with Crippen LogP contribution in [0.1, 0.15) is 22.6 Å². The fourth-order valence-corrected chi connectivity index (χ4v) is 3.88. The van der Waals surface area contributed by atoms with Gasteiger partial charge in [-0.05, 0) is 48.0 Å². The molecule has 0 aliphatic carbocycles. The van der Waals surface area contributed by atoms with Gasteiger partial charge in [0.05, 0.1) is 6.61 Å². The standard InChI is InChI=1S/C19H21Cl2N3O2/c1-24-10-16(15-8-13(20)9-18(21)17(15)11-24)12-3-2-4-14(7-12)23-19(26)22-5-6-25/h2-4,7-9,16,25H,5-6,10-11H2,1H3,(H2,22,23,26). The molecule has 0 saturated carbocycles. The molecule has 2 amide bonds. The minimum atomic E-state index is -0.344. The molecule has 0 aromatic heterocycles. The number of anilines is 1. The average molecular weight is 394 g/mol. The van der Waals surface area contributed by atoms with Gasteiger partial charge in [0.15, 0.2) is 0 Å². The van der Waals surface area contributed by atoms with Gasteiger partial charge in [0, 0.05) is 41.3 Å². The number of nitrogens with zero attached hydrogens (tertiary/aromatic N) is 1. The van der Waals surface area contributed by atoms with Gasteiger partial charge in [-0.15, -0.1) is 0 Å². The summed E-state index contributed by atoms with van der Waals surface area (Å²) in [4.78, 5) is 14.0. The van der Waals surface area contributed by atoms with Crippen molar-refractivity contribution in [3.63, 3.8) is 0 Å². The van der Waals surface area contributed by atoms with Crippen molar-refractivity contribution in [2.75, 3.05) is 32.1 Å². The second-order valence-corrected chi connectivity index (χ2v) is 7.28. The average Bonchev–Trinajstić information content (AvgIpc) is 2.60. The number of carbonyl (C=O) groups excluding carboxylic acids is 1. The van der Waals surface area contributed by atoms with E-state index in [0.29, 0.717) is 15.7 Å². The molecule has 26 heavy (non-hydrogen) atoms. The van der Waals surface area contributed by atoms with E-state index in [1.807, 2.05) is 30.3 Å². The first-order chi connectivity index (χ1) is 12.5. The minimum absolute atomic E-state index is 0.0971. The molecule has 1 aliphatic heterocycles. The summed E-state index contributed by atoms with van der Waals surface area (Å²) in [6.07, 6.45) is 0. The zero-order valence-corrected chi connectivity index (χ0v) is 15.9. The van der Waals surface area contributed by atoms with Crippen molar-refractivity contribution >= 4 is 34.9 Å². The number of halogens is 2. The Labute approximate surface area is 162 Å². The lowest BCUT2D eigenvalue weighted by Gasteiger charge is -2.33. The lowest BCUT2D eigenvalue weighted by molar-refractivity contribution is 0.245. The number of rotatable bonds is 4. The number of aliphatic hydroxyl groups is 1. The second kappa shape index (κ2) is 8.27. The van der Waals surface area contributed by atoms with E-state index in [-0.39, 0.29) is 25.1 Å². The van der Waals surface area contributed by atoms with Crippen molar-refractivity contribution in [2.45, 2.75) is 12.5 Å². The smallest absolute Gasteiger partial charge is 0.319 e. The monoisotopic (exact) mass is 393 g/mol. The van der Waals surface area contributed by atoms with Crippen LogP contribution in [0.4, 0.5) is 10.5 Å². The molecule has 7 heteroatoms. The fourth-order valence-electron chi connectivity index (χ4n) is 3.31. The highest BCUT2D eigenvalue weighted by atomic mass is 35.5. The van der Waals surface area contributed by atoms with Gasteiger partial charge in [0.1, 0.15) is 0 Å². The van der Waals surface area contributed by atoms with E-state index in [2.05, 4.69) is 22.6 Å². The molecular weight excluding hydrogens is 373 g/mol. The fraction of sp³-hybridized carbons (Fsp3) is 0.316. The number of amides is 2. The Morgan fingerprint density at radius 2 is 2.12 bits per heavy atom. The van der Waals surface area contributed by atoms with Gasteiger partial charge in [-0.1, -0.05) is 35.3 Å². The molecule has 0 saturated heterocycles. The number of fused-ring (bicyclic) bond motifs is 1. The van der Waals surface area contributed by atoms with E-state index in [0.717, 1.165) is 29.8 Å². The molecule has 1 heterocycles. The summed E-state index contributed by atoms with van der Waals surface area (Å²) in [5.41, 5.74) is 3.99. The van der Waals surface area contributed by atoms with Gasteiger partial charge < -0.3 is 20.6 Å². The first kappa shape index (κ1) is 19.0. The van der Waals surface area contributed by atoms with Crippen molar-refractivity contribution in [1.29, 1.82) is 0 Å². The Balaban J connectivity index is 1.90. The van der Waals surface area contributed by atoms with Crippen LogP contribution in [-0.4, -0.2) is 42.8 Å². The van der Waals surface area contributed by atoms with Crippen LogP contribution >= 0.6 is 23.2 Å². The third-order valence-corrected chi connectivity index (χ3v) is 4.99. The summed E-state index contributed by atoms with van der Waals surface area (Å²) in [5, 5.41) is 15.5. The van der Waals surface area contributed by atoms with Crippen LogP contribution in [0.25, 0.3) is 0 Å². The van der Waals surface area contributed by atoms with Gasteiger partial charge in [0.2, 0.25) is 0 Å². The number of hydrogen-bond acceptors (Lipinski definition) is 3. The van der Waals surface area contributed by atoms with Gasteiger partial charge in [-0.2, -0.15) is 0 Å². The normalized spacial score (nSPS) is 16.8. The molecule has 5 nitrogen and oxygen atoms in total. The van der Waals surface area contributed by atoms with Gasteiger partial charge in [-0.25, -0.2) is 4.79 Å². The van der Waals surface area contributed by atoms with Crippen LogP contribution in [0.2, 0.25) is 10.0 Å². The van der Waals surface area contributed by atoms with Crippen LogP contribution in [-0.2, 0) is 6.54 Å². The summed E-state index contributed by atoms with van der Waals surface area (Å²) in [6, 6.07) is 11.2. The van der Waals surface area contributed by atoms with E-state index in [1.54, 1.807) is 6.07 Å². The highest BCUT2D eigenvalue weighted by Gasteiger charge is 2.27. The van der Waals surface area contributed by atoms with E-state index in [1.165, 1.54) is 0 Å². The molecule has 0 spiro atoms. The van der Waals surface area contributed by atoms with Crippen LogP contribution in [0, 0.1) is 0 Å². The van der Waals surface area contributed by atoms with Crippen LogP contribution < -0.4 is 10.6 Å². The van der Waals surface area contributed by atoms with Crippen molar-refractivity contribution in [2.24, 2.45) is 0 Å². The lowest BCUT2D eigenvalue weighted by Crippen LogP contribution is -2.32. The van der Waals surface area contributed by atoms with Crippen LogP contribution in [0.3, 0.4) is 0 Å². The van der Waals surface area contributed by atoms with Crippen LogP contribution in [0.15, 0.2) is 36.4 Å². The largest absolute Gasteiger partial charge is 0.395 e. The molecule has 1 aliphatic rings. The quantitative estimate of drug-likeness (QED) is 0.741. The molecule has 2 aromatic rings. The molecule has 3 rings (SSSR count). The number of benzene rings is 2. The van der Waals surface area contributed by atoms with Crippen molar-refractivity contribution in [3.05, 3.63) is 63.1 Å². The predicted molar refractivity (Wildman–Crippen MR) is 105 cm³/mol.